The average Bonchev–Trinajstić information content (AvgIpc) is 2.46. The topological polar surface area (TPSA) is 55.6 Å². The third-order valence-electron chi connectivity index (χ3n) is 3.47. The molecule has 0 bridgehead atoms. The lowest BCUT2D eigenvalue weighted by atomic mass is 9.97. The Morgan fingerprint density at radius 3 is 2.57 bits per heavy atom. The lowest BCUT2D eigenvalue weighted by molar-refractivity contribution is -0.274. The summed E-state index contributed by atoms with van der Waals surface area (Å²) in [5, 5.41) is 0. The second-order valence-corrected chi connectivity index (χ2v) is 5.07. The lowest BCUT2D eigenvalue weighted by Crippen LogP contribution is -2.42. The van der Waals surface area contributed by atoms with Crippen LogP contribution in [0.5, 0.6) is 5.75 Å². The summed E-state index contributed by atoms with van der Waals surface area (Å²) < 4.78 is 40.0. The average molecular weight is 302 g/mol. The van der Waals surface area contributed by atoms with Gasteiger partial charge in [0.05, 0.1) is 0 Å². The molecule has 1 aromatic rings. The minimum absolute atomic E-state index is 0.188. The van der Waals surface area contributed by atoms with Gasteiger partial charge >= 0.3 is 6.36 Å². The molecule has 1 heterocycles. The number of amides is 1. The number of halogens is 3. The van der Waals surface area contributed by atoms with Crippen LogP contribution < -0.4 is 10.5 Å². The third kappa shape index (κ3) is 4.35. The zero-order valence-electron chi connectivity index (χ0n) is 11.4. The number of hydrogen-bond donors (Lipinski definition) is 1. The summed E-state index contributed by atoms with van der Waals surface area (Å²) in [7, 11) is 0. The molecule has 1 amide bonds. The Bertz CT molecular complexity index is 488. The van der Waals surface area contributed by atoms with Crippen LogP contribution in [-0.2, 0) is 0 Å². The zero-order chi connectivity index (χ0) is 15.5. The number of nitrogens with zero attached hydrogens (tertiary/aromatic N) is 1. The molecule has 1 saturated heterocycles. The van der Waals surface area contributed by atoms with Crippen LogP contribution in [0.25, 0.3) is 0 Å². The van der Waals surface area contributed by atoms with Gasteiger partial charge in [-0.2, -0.15) is 0 Å². The molecule has 0 aromatic heterocycles. The Labute approximate surface area is 120 Å². The fourth-order valence-corrected chi connectivity index (χ4v) is 2.42. The van der Waals surface area contributed by atoms with Crippen LogP contribution in [0.3, 0.4) is 0 Å². The molecule has 21 heavy (non-hydrogen) atoms. The van der Waals surface area contributed by atoms with Crippen molar-refractivity contribution in [3.05, 3.63) is 29.8 Å². The lowest BCUT2D eigenvalue weighted by Gasteiger charge is -2.32. The Morgan fingerprint density at radius 2 is 2.00 bits per heavy atom. The smallest absolute Gasteiger partial charge is 0.406 e. The SMILES string of the molecule is NCC1CCCN(C(=O)c2ccc(OC(F)(F)F)cc2)C1. The molecule has 116 valence electrons. The number of ether oxygens (including phenoxy) is 1. The molecule has 0 spiro atoms. The van der Waals surface area contributed by atoms with E-state index in [1.807, 2.05) is 0 Å². The van der Waals surface area contributed by atoms with Gasteiger partial charge in [0.1, 0.15) is 5.75 Å². The van der Waals surface area contributed by atoms with Crippen molar-refractivity contribution in [1.82, 2.24) is 4.90 Å². The molecular formula is C14H17F3N2O2. The van der Waals surface area contributed by atoms with E-state index in [1.54, 1.807) is 4.90 Å². The number of likely N-dealkylation sites (tertiary alicyclic amines) is 1. The van der Waals surface area contributed by atoms with Crippen LogP contribution >= 0.6 is 0 Å². The van der Waals surface area contributed by atoms with Gasteiger partial charge in [-0.1, -0.05) is 0 Å². The molecule has 4 nitrogen and oxygen atoms in total. The highest BCUT2D eigenvalue weighted by molar-refractivity contribution is 5.94. The van der Waals surface area contributed by atoms with Gasteiger partial charge in [0.25, 0.3) is 5.91 Å². The number of alkyl halides is 3. The molecular weight excluding hydrogens is 285 g/mol. The highest BCUT2D eigenvalue weighted by Crippen LogP contribution is 2.24. The van der Waals surface area contributed by atoms with Crippen molar-refractivity contribution >= 4 is 5.91 Å². The second-order valence-electron chi connectivity index (χ2n) is 5.07. The quantitative estimate of drug-likeness (QED) is 0.933. The standard InChI is InChI=1S/C14H17F3N2O2/c15-14(16,17)21-12-5-3-11(4-6-12)13(20)19-7-1-2-10(8-18)9-19/h3-6,10H,1-2,7-9,18H2. The fourth-order valence-electron chi connectivity index (χ4n) is 2.42. The Balaban J connectivity index is 2.02. The molecule has 0 saturated carbocycles. The van der Waals surface area contributed by atoms with Crippen LogP contribution in [0.15, 0.2) is 24.3 Å². The summed E-state index contributed by atoms with van der Waals surface area (Å²) in [6, 6.07) is 4.97. The summed E-state index contributed by atoms with van der Waals surface area (Å²) >= 11 is 0. The van der Waals surface area contributed by atoms with Crippen molar-refractivity contribution in [2.24, 2.45) is 11.7 Å². The van der Waals surface area contributed by atoms with Crippen LogP contribution in [0.1, 0.15) is 23.2 Å². The summed E-state index contributed by atoms with van der Waals surface area (Å²) in [5.41, 5.74) is 5.97. The van der Waals surface area contributed by atoms with Crippen LogP contribution in [0.2, 0.25) is 0 Å². The molecule has 0 aliphatic carbocycles. The number of piperidine rings is 1. The summed E-state index contributed by atoms with van der Waals surface area (Å²) in [6.07, 6.45) is -2.84. The van der Waals surface area contributed by atoms with Gasteiger partial charge in [0, 0.05) is 18.7 Å². The minimum Gasteiger partial charge on any atom is -0.406 e. The zero-order valence-corrected chi connectivity index (χ0v) is 11.4. The second kappa shape index (κ2) is 6.34. The maximum atomic E-state index is 12.3. The van der Waals surface area contributed by atoms with Crippen molar-refractivity contribution in [3.8, 4) is 5.75 Å². The molecule has 1 aromatic carbocycles. The number of hydrogen-bond acceptors (Lipinski definition) is 3. The highest BCUT2D eigenvalue weighted by Gasteiger charge is 2.31. The van der Waals surface area contributed by atoms with Crippen molar-refractivity contribution in [2.75, 3.05) is 19.6 Å². The predicted octanol–water partition coefficient (Wildman–Crippen LogP) is 2.40. The van der Waals surface area contributed by atoms with E-state index in [0.717, 1.165) is 25.0 Å². The molecule has 1 aliphatic rings. The summed E-state index contributed by atoms with van der Waals surface area (Å²) in [5.74, 6) is -0.236. The van der Waals surface area contributed by atoms with Gasteiger partial charge in [-0.05, 0) is 49.6 Å². The molecule has 7 heteroatoms. The number of rotatable bonds is 3. The first-order valence-electron chi connectivity index (χ1n) is 6.74. The normalized spacial score (nSPS) is 19.4. The first-order valence-corrected chi connectivity index (χ1v) is 6.74. The van der Waals surface area contributed by atoms with E-state index < -0.39 is 6.36 Å². The van der Waals surface area contributed by atoms with Gasteiger partial charge < -0.3 is 15.4 Å². The Hall–Kier alpha value is -1.76. The maximum absolute atomic E-state index is 12.3. The first-order chi connectivity index (χ1) is 9.89. The molecule has 2 N–H and O–H groups in total. The van der Waals surface area contributed by atoms with E-state index in [-0.39, 0.29) is 17.6 Å². The monoisotopic (exact) mass is 302 g/mol. The van der Waals surface area contributed by atoms with Crippen molar-refractivity contribution in [1.29, 1.82) is 0 Å². The summed E-state index contributed by atoms with van der Waals surface area (Å²) in [6.45, 7) is 1.77. The third-order valence-corrected chi connectivity index (χ3v) is 3.47. The molecule has 1 atom stereocenters. The molecule has 1 fully saturated rings. The van der Waals surface area contributed by atoms with Crippen molar-refractivity contribution in [2.45, 2.75) is 19.2 Å². The van der Waals surface area contributed by atoms with Gasteiger partial charge in [-0.25, -0.2) is 0 Å². The van der Waals surface area contributed by atoms with Crippen LogP contribution in [0.4, 0.5) is 13.2 Å². The minimum atomic E-state index is -4.73. The Morgan fingerprint density at radius 1 is 1.33 bits per heavy atom. The number of carbonyl (C=O) groups is 1. The van der Waals surface area contributed by atoms with E-state index >= 15 is 0 Å². The summed E-state index contributed by atoms with van der Waals surface area (Å²) in [4.78, 5) is 14.0. The predicted molar refractivity (Wildman–Crippen MR) is 70.8 cm³/mol. The Kier molecular flexibility index (Phi) is 4.72. The van der Waals surface area contributed by atoms with E-state index in [0.29, 0.717) is 25.2 Å². The largest absolute Gasteiger partial charge is 0.573 e. The van der Waals surface area contributed by atoms with E-state index in [1.165, 1.54) is 12.1 Å². The molecule has 2 rings (SSSR count). The van der Waals surface area contributed by atoms with Gasteiger partial charge in [-0.3, -0.25) is 4.79 Å². The van der Waals surface area contributed by atoms with Crippen molar-refractivity contribution in [3.63, 3.8) is 0 Å². The molecule has 0 radical (unpaired) electrons. The first kappa shape index (κ1) is 15.6. The fraction of sp³-hybridized carbons (Fsp3) is 0.500. The van der Waals surface area contributed by atoms with Crippen LogP contribution in [0, 0.1) is 5.92 Å². The van der Waals surface area contributed by atoms with Crippen LogP contribution in [-0.4, -0.2) is 36.8 Å². The number of carbonyl (C=O) groups excluding carboxylic acids is 1. The van der Waals surface area contributed by atoms with Gasteiger partial charge in [0.15, 0.2) is 0 Å². The number of nitrogens with two attached hydrogens (primary N) is 1. The molecule has 1 unspecified atom stereocenters. The number of benzene rings is 1. The van der Waals surface area contributed by atoms with Crippen molar-refractivity contribution < 1.29 is 22.7 Å². The van der Waals surface area contributed by atoms with Gasteiger partial charge in [0.2, 0.25) is 0 Å². The van der Waals surface area contributed by atoms with E-state index in [4.69, 9.17) is 5.73 Å². The van der Waals surface area contributed by atoms with E-state index in [9.17, 15) is 18.0 Å². The van der Waals surface area contributed by atoms with Gasteiger partial charge in [-0.15, -0.1) is 13.2 Å². The molecule has 1 aliphatic heterocycles. The maximum Gasteiger partial charge on any atom is 0.573 e. The van der Waals surface area contributed by atoms with E-state index in [2.05, 4.69) is 4.74 Å². The highest BCUT2D eigenvalue weighted by atomic mass is 19.4.